The van der Waals surface area contributed by atoms with E-state index in [0.29, 0.717) is 6.04 Å². The lowest BCUT2D eigenvalue weighted by atomic mass is 10.3. The fourth-order valence-electron chi connectivity index (χ4n) is 1.22. The normalized spacial score (nSPS) is 9.64. The van der Waals surface area contributed by atoms with E-state index in [9.17, 15) is 0 Å². The van der Waals surface area contributed by atoms with E-state index in [-0.39, 0.29) is 0 Å². The molecule has 0 amide bonds. The molecule has 1 heterocycles. The monoisotopic (exact) mass is 198 g/mol. The molecule has 0 spiro atoms. The van der Waals surface area contributed by atoms with Crippen molar-refractivity contribution in [1.29, 1.82) is 0 Å². The molecule has 1 rings (SSSR count). The number of ether oxygens (including phenoxy) is 1. The van der Waals surface area contributed by atoms with Gasteiger partial charge >= 0.3 is 0 Å². The van der Waals surface area contributed by atoms with Gasteiger partial charge in [-0.2, -0.15) is 5.10 Å². The Balaban J connectivity index is 0.000000791. The van der Waals surface area contributed by atoms with E-state index in [1.165, 1.54) is 5.56 Å². The van der Waals surface area contributed by atoms with Crippen LogP contribution in [-0.2, 0) is 6.42 Å². The first-order chi connectivity index (χ1) is 6.70. The molecule has 0 aliphatic heterocycles. The molecule has 0 unspecified atom stereocenters. The van der Waals surface area contributed by atoms with Crippen molar-refractivity contribution >= 4 is 0 Å². The minimum absolute atomic E-state index is 0.361. The Morgan fingerprint density at radius 3 is 2.36 bits per heavy atom. The second kappa shape index (κ2) is 6.46. The Morgan fingerprint density at radius 2 is 2.00 bits per heavy atom. The standard InChI is InChI=1S/C9H16N2O.C2H6/c1-5-8-6-10-11(7(2)3)9(8)12-4;1-2/h6-7H,5H2,1-4H3;1-2H3. The summed E-state index contributed by atoms with van der Waals surface area (Å²) in [4.78, 5) is 0. The van der Waals surface area contributed by atoms with Gasteiger partial charge in [-0.3, -0.25) is 0 Å². The van der Waals surface area contributed by atoms with Crippen LogP contribution in [0.3, 0.4) is 0 Å². The fourth-order valence-corrected chi connectivity index (χ4v) is 1.22. The molecular weight excluding hydrogens is 176 g/mol. The van der Waals surface area contributed by atoms with Gasteiger partial charge in [0.05, 0.1) is 19.3 Å². The van der Waals surface area contributed by atoms with Crippen molar-refractivity contribution in [2.45, 2.75) is 47.1 Å². The number of nitrogens with zero attached hydrogens (tertiary/aromatic N) is 2. The van der Waals surface area contributed by atoms with Gasteiger partial charge in [-0.15, -0.1) is 0 Å². The van der Waals surface area contributed by atoms with Crippen molar-refractivity contribution in [3.63, 3.8) is 0 Å². The number of aromatic nitrogens is 2. The quantitative estimate of drug-likeness (QED) is 0.746. The van der Waals surface area contributed by atoms with Crippen molar-refractivity contribution in [2.75, 3.05) is 7.11 Å². The van der Waals surface area contributed by atoms with Crippen molar-refractivity contribution < 1.29 is 4.74 Å². The Morgan fingerprint density at radius 1 is 1.43 bits per heavy atom. The maximum Gasteiger partial charge on any atom is 0.214 e. The minimum atomic E-state index is 0.361. The molecule has 3 heteroatoms. The maximum absolute atomic E-state index is 5.27. The van der Waals surface area contributed by atoms with Gasteiger partial charge in [-0.25, -0.2) is 4.68 Å². The van der Waals surface area contributed by atoms with Gasteiger partial charge in [0.25, 0.3) is 0 Å². The van der Waals surface area contributed by atoms with Gasteiger partial charge in [-0.05, 0) is 20.3 Å². The summed E-state index contributed by atoms with van der Waals surface area (Å²) >= 11 is 0. The molecule has 0 aromatic carbocycles. The van der Waals surface area contributed by atoms with Crippen LogP contribution in [0, 0.1) is 0 Å². The highest BCUT2D eigenvalue weighted by Gasteiger charge is 2.11. The van der Waals surface area contributed by atoms with Crippen LogP contribution in [0.15, 0.2) is 6.20 Å². The van der Waals surface area contributed by atoms with Gasteiger partial charge in [-0.1, -0.05) is 20.8 Å². The predicted molar refractivity (Wildman–Crippen MR) is 59.9 cm³/mol. The molecule has 0 saturated carbocycles. The van der Waals surface area contributed by atoms with Crippen LogP contribution >= 0.6 is 0 Å². The molecule has 14 heavy (non-hydrogen) atoms. The van der Waals surface area contributed by atoms with Crippen molar-refractivity contribution in [3.05, 3.63) is 11.8 Å². The van der Waals surface area contributed by atoms with Crippen LogP contribution in [0.4, 0.5) is 0 Å². The lowest BCUT2D eigenvalue weighted by Crippen LogP contribution is -2.05. The molecule has 0 radical (unpaired) electrons. The van der Waals surface area contributed by atoms with Crippen LogP contribution in [0.1, 0.15) is 46.2 Å². The fraction of sp³-hybridized carbons (Fsp3) is 0.727. The Hall–Kier alpha value is -0.990. The number of hydrogen-bond donors (Lipinski definition) is 0. The minimum Gasteiger partial charge on any atom is -0.481 e. The van der Waals surface area contributed by atoms with Crippen LogP contribution in [0.2, 0.25) is 0 Å². The lowest BCUT2D eigenvalue weighted by Gasteiger charge is -2.10. The smallest absolute Gasteiger partial charge is 0.214 e. The van der Waals surface area contributed by atoms with E-state index >= 15 is 0 Å². The zero-order valence-corrected chi connectivity index (χ0v) is 10.2. The zero-order chi connectivity index (χ0) is 11.1. The highest BCUT2D eigenvalue weighted by molar-refractivity contribution is 5.24. The summed E-state index contributed by atoms with van der Waals surface area (Å²) in [6.45, 7) is 10.3. The summed E-state index contributed by atoms with van der Waals surface area (Å²) < 4.78 is 7.17. The molecule has 3 nitrogen and oxygen atoms in total. The average Bonchev–Trinajstić information content (AvgIpc) is 2.63. The summed E-state index contributed by atoms with van der Waals surface area (Å²) in [6.07, 6.45) is 2.84. The van der Waals surface area contributed by atoms with Gasteiger partial charge < -0.3 is 4.74 Å². The first-order valence-electron chi connectivity index (χ1n) is 5.31. The topological polar surface area (TPSA) is 27.1 Å². The molecule has 0 aliphatic carbocycles. The SMILES string of the molecule is CC.CCc1cnn(C(C)C)c1OC. The van der Waals surface area contributed by atoms with Crippen LogP contribution in [-0.4, -0.2) is 16.9 Å². The van der Waals surface area contributed by atoms with E-state index < -0.39 is 0 Å². The van der Waals surface area contributed by atoms with Gasteiger partial charge in [0.15, 0.2) is 0 Å². The molecule has 82 valence electrons. The Bertz CT molecular complexity index is 254. The Labute approximate surface area is 87.1 Å². The van der Waals surface area contributed by atoms with Crippen molar-refractivity contribution in [1.82, 2.24) is 9.78 Å². The lowest BCUT2D eigenvalue weighted by molar-refractivity contribution is 0.342. The molecule has 0 N–H and O–H groups in total. The molecule has 0 aliphatic rings. The third-order valence-corrected chi connectivity index (χ3v) is 1.88. The summed E-state index contributed by atoms with van der Waals surface area (Å²) in [5.41, 5.74) is 1.17. The molecule has 1 aromatic rings. The van der Waals surface area contributed by atoms with Crippen LogP contribution in [0.25, 0.3) is 0 Å². The van der Waals surface area contributed by atoms with Crippen LogP contribution in [0.5, 0.6) is 5.88 Å². The summed E-state index contributed by atoms with van der Waals surface area (Å²) in [5, 5.41) is 4.25. The second-order valence-corrected chi connectivity index (χ2v) is 3.07. The first-order valence-corrected chi connectivity index (χ1v) is 5.31. The molecule has 0 saturated heterocycles. The molecule has 0 atom stereocenters. The maximum atomic E-state index is 5.27. The van der Waals surface area contributed by atoms with Gasteiger partial charge in [0, 0.05) is 5.56 Å². The second-order valence-electron chi connectivity index (χ2n) is 3.07. The van der Waals surface area contributed by atoms with E-state index in [1.54, 1.807) is 7.11 Å². The van der Waals surface area contributed by atoms with E-state index in [1.807, 2.05) is 24.7 Å². The third kappa shape index (κ3) is 2.76. The summed E-state index contributed by atoms with van der Waals surface area (Å²) in [7, 11) is 1.69. The first kappa shape index (κ1) is 13.0. The number of hydrogen-bond acceptors (Lipinski definition) is 2. The highest BCUT2D eigenvalue weighted by Crippen LogP contribution is 2.21. The molecular formula is C11H22N2O. The van der Waals surface area contributed by atoms with Gasteiger partial charge in [0.2, 0.25) is 5.88 Å². The molecule has 0 fully saturated rings. The van der Waals surface area contributed by atoms with E-state index in [0.717, 1.165) is 12.3 Å². The van der Waals surface area contributed by atoms with E-state index in [2.05, 4.69) is 25.9 Å². The summed E-state index contributed by atoms with van der Waals surface area (Å²) in [6, 6.07) is 0.361. The number of methoxy groups -OCH3 is 1. The molecule has 1 aromatic heterocycles. The zero-order valence-electron chi connectivity index (χ0n) is 10.2. The summed E-state index contributed by atoms with van der Waals surface area (Å²) in [5.74, 6) is 0.896. The largest absolute Gasteiger partial charge is 0.481 e. The van der Waals surface area contributed by atoms with E-state index in [4.69, 9.17) is 4.74 Å². The van der Waals surface area contributed by atoms with Crippen molar-refractivity contribution in [2.24, 2.45) is 0 Å². The number of rotatable bonds is 3. The van der Waals surface area contributed by atoms with Gasteiger partial charge in [0.1, 0.15) is 0 Å². The predicted octanol–water partition coefficient (Wildman–Crippen LogP) is 3.06. The molecule has 0 bridgehead atoms. The third-order valence-electron chi connectivity index (χ3n) is 1.88. The number of aryl methyl sites for hydroxylation is 1. The highest BCUT2D eigenvalue weighted by atomic mass is 16.5. The average molecular weight is 198 g/mol. The van der Waals surface area contributed by atoms with Crippen LogP contribution < -0.4 is 4.74 Å². The Kier molecular flexibility index (Phi) is 6.00. The van der Waals surface area contributed by atoms with Crippen molar-refractivity contribution in [3.8, 4) is 5.88 Å².